The Hall–Kier alpha value is -2.26. The molecule has 0 radical (unpaired) electrons. The number of hydrogen-bond donors (Lipinski definition) is 6. The van der Waals surface area contributed by atoms with Crippen molar-refractivity contribution in [2.24, 2.45) is 17.2 Å². The zero-order valence-corrected chi connectivity index (χ0v) is 46.1. The van der Waals surface area contributed by atoms with E-state index < -0.39 is 5.97 Å². The smallest absolute Gasteiger partial charge is 0.303 e. The number of unbranched alkanes of at least 4 members (excludes halogenated alkanes) is 28. The Kier molecular flexibility index (Phi) is 127. The number of amides is 1. The van der Waals surface area contributed by atoms with E-state index in [1.54, 1.807) is 12.3 Å². The maximum atomic E-state index is 10.6. The molecule has 0 atom stereocenters. The van der Waals surface area contributed by atoms with E-state index in [0.29, 0.717) is 12.8 Å². The first kappa shape index (κ1) is 81.9. The van der Waals surface area contributed by atoms with Crippen molar-refractivity contribution in [2.45, 2.75) is 280 Å². The molecule has 0 unspecified atom stereocenters. The third-order valence-electron chi connectivity index (χ3n) is 9.23. The van der Waals surface area contributed by atoms with Crippen LogP contribution in [0, 0.1) is 0 Å². The molecule has 0 aliphatic heterocycles. The molecular weight excluding hydrogens is 813 g/mol. The molecule has 0 fully saturated rings. The van der Waals surface area contributed by atoms with Gasteiger partial charge >= 0.3 is 5.97 Å². The molecule has 0 aliphatic rings. The Balaban J connectivity index is -0.0000000973. The molecular formula is C55H120N4O4S. The van der Waals surface area contributed by atoms with Gasteiger partial charge in [-0.25, -0.2) is 0 Å². The average Bonchev–Trinajstić information content (AvgIpc) is 3.30. The van der Waals surface area contributed by atoms with Crippen LogP contribution in [-0.2, 0) is 14.4 Å². The number of allylic oxidation sites excluding steroid dienone is 2. The number of nitrogens with two attached hydrogens (primary N) is 3. The first-order valence-corrected chi connectivity index (χ1v) is 27.3. The fourth-order valence-electron chi connectivity index (χ4n) is 5.94. The summed E-state index contributed by atoms with van der Waals surface area (Å²) < 4.78 is 0. The lowest BCUT2D eigenvalue weighted by Crippen LogP contribution is -2.13. The van der Waals surface area contributed by atoms with Crippen molar-refractivity contribution in [2.75, 3.05) is 19.8 Å². The van der Waals surface area contributed by atoms with Gasteiger partial charge in [0.2, 0.25) is 5.91 Å². The van der Waals surface area contributed by atoms with Gasteiger partial charge in [0, 0.05) is 31.5 Å². The van der Waals surface area contributed by atoms with Crippen molar-refractivity contribution in [1.82, 2.24) is 5.32 Å². The van der Waals surface area contributed by atoms with Crippen LogP contribution in [0.1, 0.15) is 280 Å². The van der Waals surface area contributed by atoms with Gasteiger partial charge in [-0.05, 0) is 65.0 Å². The number of primary amides is 1. The summed E-state index contributed by atoms with van der Waals surface area (Å²) in [6.07, 6.45) is 47.7. The van der Waals surface area contributed by atoms with E-state index in [-0.39, 0.29) is 5.91 Å². The largest absolute Gasteiger partial charge is 0.481 e. The number of rotatable bonds is 38. The molecule has 0 saturated heterocycles. The van der Waals surface area contributed by atoms with Crippen LogP contribution in [0.4, 0.5) is 0 Å². The van der Waals surface area contributed by atoms with E-state index in [9.17, 15) is 14.4 Å². The van der Waals surface area contributed by atoms with E-state index in [0.717, 1.165) is 57.8 Å². The lowest BCUT2D eigenvalue weighted by molar-refractivity contribution is -0.137. The molecule has 0 bridgehead atoms. The highest BCUT2D eigenvalue weighted by Crippen LogP contribution is 2.14. The molecule has 0 aliphatic carbocycles. The molecule has 0 saturated carbocycles. The Morgan fingerprint density at radius 3 is 1.08 bits per heavy atom. The fraction of sp³-hybridized carbons (Fsp3) is 0.836. The van der Waals surface area contributed by atoms with Crippen LogP contribution in [0.2, 0.25) is 0 Å². The summed E-state index contributed by atoms with van der Waals surface area (Å²) in [6.45, 7) is 28.3. The van der Waals surface area contributed by atoms with Crippen molar-refractivity contribution >= 4 is 30.8 Å². The zero-order valence-electron chi connectivity index (χ0n) is 45.2. The highest BCUT2D eigenvalue weighted by Gasteiger charge is 1.99. The van der Waals surface area contributed by atoms with Gasteiger partial charge in [-0.1, -0.05) is 235 Å². The molecule has 0 heterocycles. The van der Waals surface area contributed by atoms with Gasteiger partial charge in [-0.2, -0.15) is 12.6 Å². The van der Waals surface area contributed by atoms with E-state index in [4.69, 9.17) is 10.8 Å². The van der Waals surface area contributed by atoms with Crippen molar-refractivity contribution in [3.05, 3.63) is 37.7 Å². The summed E-state index contributed by atoms with van der Waals surface area (Å²) >= 11 is 3.53. The summed E-state index contributed by atoms with van der Waals surface area (Å²) in [4.78, 5) is 31.1. The molecule has 8 nitrogen and oxygen atoms in total. The Morgan fingerprint density at radius 1 is 0.531 bits per heavy atom. The highest BCUT2D eigenvalue weighted by atomic mass is 32.1. The topological polar surface area (TPSA) is 162 Å². The molecule has 0 aromatic rings. The van der Waals surface area contributed by atoms with E-state index >= 15 is 0 Å². The Morgan fingerprint density at radius 2 is 0.797 bits per heavy atom. The average molecular weight is 934 g/mol. The second-order valence-electron chi connectivity index (χ2n) is 15.1. The van der Waals surface area contributed by atoms with Gasteiger partial charge < -0.3 is 32.4 Å². The van der Waals surface area contributed by atoms with Crippen molar-refractivity contribution in [1.29, 1.82) is 0 Å². The highest BCUT2D eigenvalue weighted by molar-refractivity contribution is 7.79. The number of thiol groups is 1. The van der Waals surface area contributed by atoms with Gasteiger partial charge in [0.1, 0.15) is 6.29 Å². The Bertz CT molecular complexity index is 792. The number of carboxylic acid groups (broad SMARTS) is 1. The van der Waals surface area contributed by atoms with Crippen LogP contribution in [0.25, 0.3) is 0 Å². The van der Waals surface area contributed by atoms with Crippen molar-refractivity contribution < 1.29 is 19.5 Å². The quantitative estimate of drug-likeness (QED) is 0.0155. The molecule has 0 rings (SSSR count). The predicted octanol–water partition coefficient (Wildman–Crippen LogP) is 17.0. The van der Waals surface area contributed by atoms with Crippen molar-refractivity contribution in [3.63, 3.8) is 0 Å². The SMILES string of the molecule is C=C(CCCCCCCCCCC(=O)O)NCCCCCCCC.C=CC.C=CN.CC.CC.CCCCC.CN.CS.NC(=O)CCCCCCCCCCCCCCCCC=O. The number of aliphatic carboxylic acids is 1. The standard InChI is InChI=1S/C21H41NO2.C18H35NO2.C5H12.C3H6.C2H5N.2C2H6.CH5N.CH4S/c1-3-4-5-6-13-16-19-22-20(2)17-14-11-9-7-8-10-12-15-18-21(23)24;19-18(21)16-14-12-10-8-6-4-2-1-3-5-7-9-11-13-15-17-20;1-3-5-4-2;1-3-2;1-2-3;4*1-2/h22H,2-19H2,1H3,(H,23,24);17H,1-16H2,(H2,19,21);3-5H2,1-2H3;3H,1H2,2H3;2H,1,3H2;2*1-2H3;2H2,1H3;2H,1H3. The Labute approximate surface area is 408 Å². The maximum absolute atomic E-state index is 10.6. The normalized spacial score (nSPS) is 8.94. The first-order valence-electron chi connectivity index (χ1n) is 26.5. The van der Waals surface area contributed by atoms with Crippen molar-refractivity contribution in [3.8, 4) is 0 Å². The lowest BCUT2D eigenvalue weighted by atomic mass is 10.0. The molecule has 9 heteroatoms. The van der Waals surface area contributed by atoms with Crippen LogP contribution in [0.3, 0.4) is 0 Å². The van der Waals surface area contributed by atoms with E-state index in [2.05, 4.69) is 69.9 Å². The second kappa shape index (κ2) is 99.2. The zero-order chi connectivity index (χ0) is 51.0. The van der Waals surface area contributed by atoms with Crippen LogP contribution >= 0.6 is 12.6 Å². The summed E-state index contributed by atoms with van der Waals surface area (Å²) in [5.74, 6) is -0.834. The first-order chi connectivity index (χ1) is 31.2. The van der Waals surface area contributed by atoms with Crippen LogP contribution < -0.4 is 22.5 Å². The second-order valence-corrected chi connectivity index (χ2v) is 15.1. The van der Waals surface area contributed by atoms with Gasteiger partial charge in [0.05, 0.1) is 0 Å². The number of aldehydes is 1. The van der Waals surface area contributed by atoms with Crippen LogP contribution in [0.5, 0.6) is 0 Å². The molecule has 8 N–H and O–H groups in total. The lowest BCUT2D eigenvalue weighted by Gasteiger charge is -2.09. The molecule has 0 aromatic heterocycles. The molecule has 1 amide bonds. The van der Waals surface area contributed by atoms with Gasteiger partial charge in [-0.15, -0.1) is 6.58 Å². The summed E-state index contributed by atoms with van der Waals surface area (Å²) in [5.41, 5.74) is 15.4. The number of hydrogen-bond acceptors (Lipinski definition) is 7. The fourth-order valence-corrected chi connectivity index (χ4v) is 5.94. The number of nitrogens with one attached hydrogen (secondary N) is 1. The summed E-state index contributed by atoms with van der Waals surface area (Å²) in [6, 6.07) is 0. The van der Waals surface area contributed by atoms with Gasteiger partial charge in [0.15, 0.2) is 0 Å². The third kappa shape index (κ3) is 131. The monoisotopic (exact) mass is 933 g/mol. The molecule has 64 heavy (non-hydrogen) atoms. The minimum absolute atomic E-state index is 0.168. The predicted molar refractivity (Wildman–Crippen MR) is 297 cm³/mol. The summed E-state index contributed by atoms with van der Waals surface area (Å²) in [7, 11) is 1.50. The minimum atomic E-state index is -0.666. The number of carboxylic acids is 1. The van der Waals surface area contributed by atoms with Gasteiger partial charge in [0.25, 0.3) is 0 Å². The third-order valence-corrected chi connectivity index (χ3v) is 9.23. The number of carbonyl (C=O) groups is 3. The summed E-state index contributed by atoms with van der Waals surface area (Å²) in [5, 5.41) is 12.0. The van der Waals surface area contributed by atoms with E-state index in [1.165, 1.54) is 186 Å². The van der Waals surface area contributed by atoms with E-state index in [1.807, 2.05) is 34.6 Å². The van der Waals surface area contributed by atoms with Gasteiger partial charge in [-0.3, -0.25) is 9.59 Å². The number of carbonyl (C=O) groups excluding carboxylic acids is 2. The van der Waals surface area contributed by atoms with Crippen LogP contribution in [0.15, 0.2) is 37.7 Å². The molecule has 0 aromatic carbocycles. The molecule has 0 spiro atoms. The molecule has 390 valence electrons. The van der Waals surface area contributed by atoms with Crippen LogP contribution in [-0.4, -0.2) is 43.1 Å². The minimum Gasteiger partial charge on any atom is -0.481 e. The maximum Gasteiger partial charge on any atom is 0.303 e.